The number of phenolic OH excluding ortho intramolecular Hbond substituents is 1. The fourth-order valence-corrected chi connectivity index (χ4v) is 2.32. The molecule has 0 aliphatic carbocycles. The van der Waals surface area contributed by atoms with E-state index in [9.17, 15) is 24.3 Å². The molecule has 0 aliphatic rings. The average molecular weight is 407 g/mol. The number of rotatable bonds is 4. The van der Waals surface area contributed by atoms with Gasteiger partial charge in [0.05, 0.1) is 36.7 Å². The van der Waals surface area contributed by atoms with Crippen LogP contribution in [0.15, 0.2) is 36.4 Å². The second-order valence-corrected chi connectivity index (χ2v) is 5.75. The van der Waals surface area contributed by atoms with Crippen LogP contribution in [0.2, 0.25) is 5.02 Å². The molecule has 0 saturated carbocycles. The number of carbonyl (C=O) groups is 4. The van der Waals surface area contributed by atoms with Crippen LogP contribution in [0.5, 0.6) is 5.75 Å². The number of amides is 2. The largest absolute Gasteiger partial charge is 0.506 e. The number of methoxy groups -OCH3 is 2. The van der Waals surface area contributed by atoms with Gasteiger partial charge in [0.25, 0.3) is 0 Å². The predicted molar refractivity (Wildman–Crippen MR) is 99.5 cm³/mol. The molecule has 10 heteroatoms. The van der Waals surface area contributed by atoms with Crippen molar-refractivity contribution in [1.82, 2.24) is 0 Å². The summed E-state index contributed by atoms with van der Waals surface area (Å²) in [6.07, 6.45) is 0. The molecule has 0 aromatic heterocycles. The minimum absolute atomic E-state index is 0.0401. The van der Waals surface area contributed by atoms with E-state index in [0.29, 0.717) is 0 Å². The lowest BCUT2D eigenvalue weighted by atomic mass is 10.1. The summed E-state index contributed by atoms with van der Waals surface area (Å²) in [5.74, 6) is -4.10. The number of hydrogen-bond acceptors (Lipinski definition) is 7. The van der Waals surface area contributed by atoms with Crippen molar-refractivity contribution in [1.29, 1.82) is 0 Å². The van der Waals surface area contributed by atoms with Gasteiger partial charge in [-0.2, -0.15) is 0 Å². The number of phenols is 1. The van der Waals surface area contributed by atoms with Gasteiger partial charge in [-0.3, -0.25) is 9.59 Å². The number of hydrogen-bond donors (Lipinski definition) is 3. The maximum absolute atomic E-state index is 12.2. The van der Waals surface area contributed by atoms with Gasteiger partial charge in [-0.1, -0.05) is 11.6 Å². The minimum atomic E-state index is -1.16. The van der Waals surface area contributed by atoms with Crippen molar-refractivity contribution in [3.63, 3.8) is 0 Å². The van der Waals surface area contributed by atoms with E-state index >= 15 is 0 Å². The monoisotopic (exact) mass is 406 g/mol. The molecule has 28 heavy (non-hydrogen) atoms. The van der Waals surface area contributed by atoms with Crippen LogP contribution in [0.4, 0.5) is 11.4 Å². The van der Waals surface area contributed by atoms with E-state index < -0.39 is 23.8 Å². The number of anilines is 2. The summed E-state index contributed by atoms with van der Waals surface area (Å²) in [7, 11) is 2.30. The highest BCUT2D eigenvalue weighted by molar-refractivity contribution is 6.44. The first-order chi connectivity index (χ1) is 13.3. The summed E-state index contributed by atoms with van der Waals surface area (Å²) in [6.45, 7) is 0. The van der Waals surface area contributed by atoms with Crippen molar-refractivity contribution >= 4 is 46.7 Å². The Labute approximate surface area is 164 Å². The van der Waals surface area contributed by atoms with Crippen LogP contribution in [0.1, 0.15) is 20.7 Å². The molecule has 0 radical (unpaired) electrons. The zero-order valence-corrected chi connectivity index (χ0v) is 15.5. The molecule has 146 valence electrons. The van der Waals surface area contributed by atoms with E-state index in [0.717, 1.165) is 7.11 Å². The summed E-state index contributed by atoms with van der Waals surface area (Å²) in [5, 5.41) is 14.4. The number of benzene rings is 2. The van der Waals surface area contributed by atoms with Crippen LogP contribution in [-0.2, 0) is 19.1 Å². The van der Waals surface area contributed by atoms with Crippen LogP contribution in [0.3, 0.4) is 0 Å². The van der Waals surface area contributed by atoms with Gasteiger partial charge < -0.3 is 25.2 Å². The molecule has 0 atom stereocenters. The molecule has 3 N–H and O–H groups in total. The quantitative estimate of drug-likeness (QED) is 0.403. The average Bonchev–Trinajstić information content (AvgIpc) is 2.69. The Balaban J connectivity index is 2.27. The molecule has 2 amide bonds. The van der Waals surface area contributed by atoms with Gasteiger partial charge in [0.2, 0.25) is 0 Å². The van der Waals surface area contributed by atoms with Crippen molar-refractivity contribution in [2.75, 3.05) is 24.9 Å². The molecule has 2 aromatic carbocycles. The molecule has 2 aromatic rings. The Bertz CT molecular complexity index is 959. The molecule has 0 fully saturated rings. The highest BCUT2D eigenvalue weighted by Gasteiger charge is 2.21. The van der Waals surface area contributed by atoms with Crippen molar-refractivity contribution in [2.45, 2.75) is 0 Å². The Hall–Kier alpha value is -3.59. The lowest BCUT2D eigenvalue weighted by molar-refractivity contribution is -0.133. The standard InChI is InChI=1S/C18H15ClN2O7/c1-27-17(25)9-3-5-11(18(26)28-2)12(7-9)20-15(23)16(24)21-13-8-10(19)4-6-14(13)22/h3-8,22H,1-2H3,(H,20,23)(H,21,24). The number of halogens is 1. The fraction of sp³-hybridized carbons (Fsp3) is 0.111. The first-order valence-electron chi connectivity index (χ1n) is 7.68. The SMILES string of the molecule is COC(=O)c1ccc(C(=O)OC)c(NC(=O)C(=O)Nc2cc(Cl)ccc2O)c1. The number of esters is 2. The first kappa shape index (κ1) is 20.7. The smallest absolute Gasteiger partial charge is 0.339 e. The molecule has 0 heterocycles. The maximum Gasteiger partial charge on any atom is 0.339 e. The highest BCUT2D eigenvalue weighted by Crippen LogP contribution is 2.26. The lowest BCUT2D eigenvalue weighted by Gasteiger charge is -2.12. The van der Waals surface area contributed by atoms with Crippen molar-refractivity contribution in [3.05, 3.63) is 52.5 Å². The molecule has 0 aliphatic heterocycles. The van der Waals surface area contributed by atoms with E-state index in [4.69, 9.17) is 11.6 Å². The second kappa shape index (κ2) is 8.87. The maximum atomic E-state index is 12.2. The van der Waals surface area contributed by atoms with Gasteiger partial charge in [-0.05, 0) is 36.4 Å². The summed E-state index contributed by atoms with van der Waals surface area (Å²) >= 11 is 5.78. The van der Waals surface area contributed by atoms with Crippen LogP contribution >= 0.6 is 11.6 Å². The molecule has 0 unspecified atom stereocenters. The Kier molecular flexibility index (Phi) is 6.56. The van der Waals surface area contributed by atoms with Crippen molar-refractivity contribution in [2.24, 2.45) is 0 Å². The van der Waals surface area contributed by atoms with Gasteiger partial charge in [-0.25, -0.2) is 9.59 Å². The van der Waals surface area contributed by atoms with Gasteiger partial charge >= 0.3 is 23.8 Å². The number of carbonyl (C=O) groups excluding carboxylic acids is 4. The normalized spacial score (nSPS) is 9.96. The fourth-order valence-electron chi connectivity index (χ4n) is 2.15. The topological polar surface area (TPSA) is 131 Å². The summed E-state index contributed by atoms with van der Waals surface area (Å²) in [5.41, 5.74) is -0.255. The zero-order chi connectivity index (χ0) is 20.8. The van der Waals surface area contributed by atoms with E-state index in [1.165, 1.54) is 43.5 Å². The molecule has 0 bridgehead atoms. The zero-order valence-electron chi connectivity index (χ0n) is 14.7. The summed E-state index contributed by atoms with van der Waals surface area (Å²) in [4.78, 5) is 47.9. The Morgan fingerprint density at radius 2 is 1.46 bits per heavy atom. The third kappa shape index (κ3) is 4.77. The minimum Gasteiger partial charge on any atom is -0.506 e. The van der Waals surface area contributed by atoms with Crippen molar-refractivity contribution in [3.8, 4) is 5.75 Å². The Morgan fingerprint density at radius 1 is 0.857 bits per heavy atom. The van der Waals surface area contributed by atoms with Crippen LogP contribution < -0.4 is 10.6 Å². The van der Waals surface area contributed by atoms with Gasteiger partial charge in [0, 0.05) is 5.02 Å². The van der Waals surface area contributed by atoms with E-state index in [2.05, 4.69) is 20.1 Å². The first-order valence-corrected chi connectivity index (χ1v) is 8.06. The molecular formula is C18H15ClN2O7. The molecule has 0 spiro atoms. The molecule has 0 saturated heterocycles. The van der Waals surface area contributed by atoms with Crippen LogP contribution in [0, 0.1) is 0 Å². The van der Waals surface area contributed by atoms with E-state index in [-0.39, 0.29) is 33.3 Å². The molecule has 9 nitrogen and oxygen atoms in total. The number of nitrogens with one attached hydrogen (secondary N) is 2. The van der Waals surface area contributed by atoms with Crippen molar-refractivity contribution < 1.29 is 33.8 Å². The summed E-state index contributed by atoms with van der Waals surface area (Å²) < 4.78 is 9.20. The van der Waals surface area contributed by atoms with Crippen LogP contribution in [-0.4, -0.2) is 43.1 Å². The third-order valence-electron chi connectivity index (χ3n) is 3.51. The van der Waals surface area contributed by atoms with Crippen LogP contribution in [0.25, 0.3) is 0 Å². The number of ether oxygens (including phenoxy) is 2. The van der Waals surface area contributed by atoms with Gasteiger partial charge in [-0.15, -0.1) is 0 Å². The van der Waals surface area contributed by atoms with Gasteiger partial charge in [0.15, 0.2) is 0 Å². The molecule has 2 rings (SSSR count). The second-order valence-electron chi connectivity index (χ2n) is 5.31. The highest BCUT2D eigenvalue weighted by atomic mass is 35.5. The summed E-state index contributed by atoms with van der Waals surface area (Å²) in [6, 6.07) is 7.60. The lowest BCUT2D eigenvalue weighted by Crippen LogP contribution is -2.30. The number of aromatic hydroxyl groups is 1. The van der Waals surface area contributed by atoms with E-state index in [1.807, 2.05) is 0 Å². The molecular weight excluding hydrogens is 392 g/mol. The van der Waals surface area contributed by atoms with E-state index in [1.54, 1.807) is 0 Å². The third-order valence-corrected chi connectivity index (χ3v) is 3.74. The predicted octanol–water partition coefficient (Wildman–Crippen LogP) is 2.20. The Morgan fingerprint density at radius 3 is 2.07 bits per heavy atom. The van der Waals surface area contributed by atoms with Gasteiger partial charge in [0.1, 0.15) is 5.75 Å².